The van der Waals surface area contributed by atoms with Gasteiger partial charge >= 0.3 is 0 Å². The first-order valence-electron chi connectivity index (χ1n) is 6.09. The third-order valence-electron chi connectivity index (χ3n) is 2.71. The lowest BCUT2D eigenvalue weighted by molar-refractivity contribution is 0.0949. The minimum atomic E-state index is -0.166. The maximum absolute atomic E-state index is 11.9. The highest BCUT2D eigenvalue weighted by atomic mass is 32.1. The Bertz CT molecular complexity index is 673. The number of carbonyl (C=O) groups excluding carboxylic acids is 1. The number of rotatable bonds is 5. The summed E-state index contributed by atoms with van der Waals surface area (Å²) in [4.78, 5) is 17.2. The Hall–Kier alpha value is -1.99. The smallest absolute Gasteiger partial charge is 0.271 e. The van der Waals surface area contributed by atoms with Crippen LogP contribution in [0, 0.1) is 0 Å². The summed E-state index contributed by atoms with van der Waals surface area (Å²) in [5.74, 6) is -0.166. The van der Waals surface area contributed by atoms with Crippen molar-refractivity contribution in [3.8, 4) is 10.6 Å². The molecular formula is C13H12N4OS2. The van der Waals surface area contributed by atoms with E-state index in [1.54, 1.807) is 34.9 Å². The Kier molecular flexibility index (Phi) is 3.89. The number of H-pyrrole nitrogens is 1. The van der Waals surface area contributed by atoms with Crippen LogP contribution in [0.15, 0.2) is 35.2 Å². The number of thiazole rings is 1. The number of aromatic amines is 1. The predicted octanol–water partition coefficient (Wildman–Crippen LogP) is 2.57. The summed E-state index contributed by atoms with van der Waals surface area (Å²) in [6.07, 6.45) is 2.51. The molecule has 3 heterocycles. The van der Waals surface area contributed by atoms with Crippen LogP contribution in [0.1, 0.15) is 15.5 Å². The Morgan fingerprint density at radius 3 is 3.05 bits per heavy atom. The van der Waals surface area contributed by atoms with Gasteiger partial charge in [-0.05, 0) is 17.5 Å². The van der Waals surface area contributed by atoms with Crippen molar-refractivity contribution in [2.75, 3.05) is 6.54 Å². The van der Waals surface area contributed by atoms with E-state index in [4.69, 9.17) is 0 Å². The first-order valence-corrected chi connectivity index (χ1v) is 7.85. The van der Waals surface area contributed by atoms with E-state index in [9.17, 15) is 4.79 Å². The molecule has 0 saturated carbocycles. The molecule has 0 aromatic carbocycles. The van der Waals surface area contributed by atoms with Crippen LogP contribution in [0.2, 0.25) is 0 Å². The van der Waals surface area contributed by atoms with Crippen LogP contribution in [0.5, 0.6) is 0 Å². The zero-order valence-electron chi connectivity index (χ0n) is 10.5. The molecule has 0 atom stereocenters. The van der Waals surface area contributed by atoms with E-state index in [1.807, 2.05) is 22.9 Å². The van der Waals surface area contributed by atoms with Crippen molar-refractivity contribution in [2.45, 2.75) is 6.42 Å². The molecule has 3 rings (SSSR count). The normalized spacial score (nSPS) is 10.6. The standard InChI is InChI=1S/C13H12N4OS2/c18-13(15-4-3-12-14-5-7-20-12)10-8-9(16-17-10)11-2-1-6-19-11/h1-2,5-8H,3-4H2,(H,15,18)(H,16,17). The van der Waals surface area contributed by atoms with Crippen LogP contribution in [0.3, 0.4) is 0 Å². The predicted molar refractivity (Wildman–Crippen MR) is 80.1 cm³/mol. The number of nitrogens with zero attached hydrogens (tertiary/aromatic N) is 2. The molecule has 2 N–H and O–H groups in total. The number of carbonyl (C=O) groups is 1. The highest BCUT2D eigenvalue weighted by molar-refractivity contribution is 7.13. The zero-order chi connectivity index (χ0) is 13.8. The summed E-state index contributed by atoms with van der Waals surface area (Å²) in [7, 11) is 0. The van der Waals surface area contributed by atoms with Gasteiger partial charge in [0, 0.05) is 24.5 Å². The van der Waals surface area contributed by atoms with Gasteiger partial charge in [-0.25, -0.2) is 4.98 Å². The third kappa shape index (κ3) is 2.94. The molecule has 0 radical (unpaired) electrons. The molecule has 0 saturated heterocycles. The Morgan fingerprint density at radius 1 is 1.35 bits per heavy atom. The molecular weight excluding hydrogens is 292 g/mol. The summed E-state index contributed by atoms with van der Waals surface area (Å²) in [6.45, 7) is 0.563. The second-order valence-corrected chi connectivity index (χ2v) is 6.00. The van der Waals surface area contributed by atoms with Crippen molar-refractivity contribution in [3.63, 3.8) is 0 Å². The van der Waals surface area contributed by atoms with Crippen LogP contribution in [0.4, 0.5) is 0 Å². The van der Waals surface area contributed by atoms with Gasteiger partial charge in [-0.2, -0.15) is 5.10 Å². The second-order valence-electron chi connectivity index (χ2n) is 4.08. The Morgan fingerprint density at radius 2 is 2.30 bits per heavy atom. The van der Waals surface area contributed by atoms with Crippen LogP contribution < -0.4 is 5.32 Å². The fourth-order valence-corrected chi connectivity index (χ4v) is 3.06. The summed E-state index contributed by atoms with van der Waals surface area (Å²) >= 11 is 3.20. The van der Waals surface area contributed by atoms with Crippen LogP contribution >= 0.6 is 22.7 Å². The highest BCUT2D eigenvalue weighted by Gasteiger charge is 2.11. The van der Waals surface area contributed by atoms with Crippen molar-refractivity contribution >= 4 is 28.6 Å². The molecule has 0 aliphatic heterocycles. The molecule has 3 aromatic heterocycles. The molecule has 3 aromatic rings. The Balaban J connectivity index is 1.57. The molecule has 5 nitrogen and oxygen atoms in total. The average molecular weight is 304 g/mol. The molecule has 102 valence electrons. The fraction of sp³-hybridized carbons (Fsp3) is 0.154. The van der Waals surface area contributed by atoms with Gasteiger partial charge in [0.25, 0.3) is 5.91 Å². The monoisotopic (exact) mass is 304 g/mol. The molecule has 0 aliphatic carbocycles. The minimum absolute atomic E-state index is 0.166. The van der Waals surface area contributed by atoms with Gasteiger partial charge in [0.15, 0.2) is 5.69 Å². The number of nitrogens with one attached hydrogen (secondary N) is 2. The lowest BCUT2D eigenvalue weighted by atomic mass is 10.3. The van der Waals surface area contributed by atoms with Crippen LogP contribution in [-0.2, 0) is 6.42 Å². The van der Waals surface area contributed by atoms with E-state index in [0.717, 1.165) is 22.0 Å². The molecule has 0 bridgehead atoms. The SMILES string of the molecule is O=C(NCCc1nccs1)c1cc(-c2cccs2)[nH]n1. The van der Waals surface area contributed by atoms with E-state index in [1.165, 1.54) is 0 Å². The van der Waals surface area contributed by atoms with Crippen molar-refractivity contribution in [1.82, 2.24) is 20.5 Å². The molecule has 0 aliphatic rings. The topological polar surface area (TPSA) is 70.7 Å². The third-order valence-corrected chi connectivity index (χ3v) is 4.45. The first kappa shape index (κ1) is 13.0. The van der Waals surface area contributed by atoms with E-state index in [2.05, 4.69) is 20.5 Å². The summed E-state index contributed by atoms with van der Waals surface area (Å²) in [5, 5.41) is 14.7. The first-order chi connectivity index (χ1) is 9.83. The molecule has 0 fully saturated rings. The zero-order valence-corrected chi connectivity index (χ0v) is 12.1. The summed E-state index contributed by atoms with van der Waals surface area (Å²) in [5.41, 5.74) is 1.28. The van der Waals surface area contributed by atoms with Gasteiger partial charge in [0.1, 0.15) is 0 Å². The van der Waals surface area contributed by atoms with Gasteiger partial charge in [0.05, 0.1) is 15.6 Å². The van der Waals surface area contributed by atoms with Crippen molar-refractivity contribution in [1.29, 1.82) is 0 Å². The minimum Gasteiger partial charge on any atom is -0.350 e. The molecule has 1 amide bonds. The van der Waals surface area contributed by atoms with Gasteiger partial charge in [0.2, 0.25) is 0 Å². The number of hydrogen-bond donors (Lipinski definition) is 2. The number of thiophene rings is 1. The van der Waals surface area contributed by atoms with Crippen LogP contribution in [0.25, 0.3) is 10.6 Å². The van der Waals surface area contributed by atoms with Gasteiger partial charge < -0.3 is 5.32 Å². The lowest BCUT2D eigenvalue weighted by Crippen LogP contribution is -2.25. The quantitative estimate of drug-likeness (QED) is 0.761. The maximum atomic E-state index is 11.9. The number of aromatic nitrogens is 3. The van der Waals surface area contributed by atoms with Crippen molar-refractivity contribution in [2.24, 2.45) is 0 Å². The molecule has 0 unspecified atom stereocenters. The van der Waals surface area contributed by atoms with Crippen molar-refractivity contribution < 1.29 is 4.79 Å². The average Bonchev–Trinajstić information content (AvgIpc) is 3.20. The van der Waals surface area contributed by atoms with Crippen molar-refractivity contribution in [3.05, 3.63) is 45.9 Å². The number of hydrogen-bond acceptors (Lipinski definition) is 5. The van der Waals surface area contributed by atoms with Gasteiger partial charge in [-0.3, -0.25) is 9.89 Å². The molecule has 0 spiro atoms. The lowest BCUT2D eigenvalue weighted by Gasteiger charge is -2.00. The Labute approximate surface area is 123 Å². The van der Waals surface area contributed by atoms with E-state index >= 15 is 0 Å². The van der Waals surface area contributed by atoms with E-state index in [-0.39, 0.29) is 5.91 Å². The highest BCUT2D eigenvalue weighted by Crippen LogP contribution is 2.22. The number of amides is 1. The molecule has 20 heavy (non-hydrogen) atoms. The van der Waals surface area contributed by atoms with Gasteiger partial charge in [-0.1, -0.05) is 6.07 Å². The summed E-state index contributed by atoms with van der Waals surface area (Å²) in [6, 6.07) is 5.72. The van der Waals surface area contributed by atoms with Crippen LogP contribution in [-0.4, -0.2) is 27.6 Å². The second kappa shape index (κ2) is 5.98. The largest absolute Gasteiger partial charge is 0.350 e. The van der Waals surface area contributed by atoms with E-state index < -0.39 is 0 Å². The fourth-order valence-electron chi connectivity index (χ4n) is 1.75. The molecule has 7 heteroatoms. The van der Waals surface area contributed by atoms with Gasteiger partial charge in [-0.15, -0.1) is 22.7 Å². The summed E-state index contributed by atoms with van der Waals surface area (Å²) < 4.78 is 0. The maximum Gasteiger partial charge on any atom is 0.271 e. The van der Waals surface area contributed by atoms with E-state index in [0.29, 0.717) is 12.2 Å².